The number of pyridine rings is 1. The molecule has 1 saturated heterocycles. The summed E-state index contributed by atoms with van der Waals surface area (Å²) in [5, 5.41) is 11.4. The Labute approximate surface area is 216 Å². The number of carbonyl (C=O) groups is 2. The van der Waals surface area contributed by atoms with Gasteiger partial charge in [-0.15, -0.1) is 0 Å². The minimum absolute atomic E-state index is 0.0312. The third-order valence-corrected chi connectivity index (χ3v) is 6.05. The Balaban J connectivity index is 1.84. The number of carbonyl (C=O) groups excluding carboxylic acids is 2. The molecule has 1 amide bonds. The van der Waals surface area contributed by atoms with Crippen molar-refractivity contribution in [3.63, 3.8) is 0 Å². The third-order valence-electron chi connectivity index (χ3n) is 6.05. The molecule has 1 unspecified atom stereocenters. The van der Waals surface area contributed by atoms with Crippen molar-refractivity contribution < 1.29 is 28.9 Å². The monoisotopic (exact) mass is 502 g/mol. The van der Waals surface area contributed by atoms with Crippen molar-refractivity contribution in [2.75, 3.05) is 20.8 Å². The van der Waals surface area contributed by atoms with Crippen LogP contribution < -0.4 is 14.2 Å². The van der Waals surface area contributed by atoms with Gasteiger partial charge in [0.2, 0.25) is 0 Å². The zero-order valence-electron chi connectivity index (χ0n) is 21.3. The lowest BCUT2D eigenvalue weighted by Gasteiger charge is -2.27. The minimum Gasteiger partial charge on any atom is -0.507 e. The summed E-state index contributed by atoms with van der Waals surface area (Å²) in [6.07, 6.45) is 3.27. The molecule has 0 spiro atoms. The van der Waals surface area contributed by atoms with E-state index >= 15 is 0 Å². The first-order valence-electron chi connectivity index (χ1n) is 12.0. The first kappa shape index (κ1) is 25.8. The van der Waals surface area contributed by atoms with Gasteiger partial charge in [0.25, 0.3) is 11.7 Å². The van der Waals surface area contributed by atoms with E-state index in [2.05, 4.69) is 18.8 Å². The summed E-state index contributed by atoms with van der Waals surface area (Å²) in [5.74, 6) is 0.0379. The number of aliphatic hydroxyl groups is 1. The Morgan fingerprint density at radius 2 is 1.78 bits per heavy atom. The standard InChI is InChI=1S/C29H30N2O6/c1-18(2)17-37-21-12-10-20(11-13-21)26(32)24-25(22-8-5-9-23(35-3)28(22)36-4)31(29(34)27(24)33)16-19-7-6-14-30-15-19/h5-15,18,25,32H,16-17H2,1-4H3/b26-24-. The van der Waals surface area contributed by atoms with E-state index in [1.54, 1.807) is 60.9 Å². The SMILES string of the molecule is COc1cccc(C2/C(=C(/O)c3ccc(OCC(C)C)cc3)C(=O)C(=O)N2Cc2cccnc2)c1OC. The molecule has 1 aliphatic heterocycles. The van der Waals surface area contributed by atoms with Crippen molar-refractivity contribution in [1.29, 1.82) is 0 Å². The number of para-hydroxylation sites is 1. The molecule has 0 saturated carbocycles. The van der Waals surface area contributed by atoms with Crippen LogP contribution in [0.15, 0.2) is 72.6 Å². The van der Waals surface area contributed by atoms with E-state index in [0.29, 0.717) is 40.9 Å². The lowest BCUT2D eigenvalue weighted by atomic mass is 9.94. The molecule has 3 aromatic rings. The van der Waals surface area contributed by atoms with Gasteiger partial charge in [0.15, 0.2) is 11.5 Å². The number of benzene rings is 2. The zero-order valence-corrected chi connectivity index (χ0v) is 21.3. The van der Waals surface area contributed by atoms with Gasteiger partial charge < -0.3 is 24.2 Å². The number of ketones is 1. The number of hydrogen-bond acceptors (Lipinski definition) is 7. The first-order chi connectivity index (χ1) is 17.8. The molecule has 8 nitrogen and oxygen atoms in total. The molecular formula is C29H30N2O6. The van der Waals surface area contributed by atoms with Crippen LogP contribution in [0.2, 0.25) is 0 Å². The molecule has 0 bridgehead atoms. The lowest BCUT2D eigenvalue weighted by Crippen LogP contribution is -2.29. The summed E-state index contributed by atoms with van der Waals surface area (Å²) < 4.78 is 16.8. The summed E-state index contributed by atoms with van der Waals surface area (Å²) in [4.78, 5) is 32.2. The lowest BCUT2D eigenvalue weighted by molar-refractivity contribution is -0.140. The van der Waals surface area contributed by atoms with E-state index in [-0.39, 0.29) is 17.9 Å². The summed E-state index contributed by atoms with van der Waals surface area (Å²) in [6.45, 7) is 4.78. The van der Waals surface area contributed by atoms with Crippen LogP contribution >= 0.6 is 0 Å². The summed E-state index contributed by atoms with van der Waals surface area (Å²) >= 11 is 0. The highest BCUT2D eigenvalue weighted by atomic mass is 16.5. The predicted octanol–water partition coefficient (Wildman–Crippen LogP) is 4.76. The summed E-state index contributed by atoms with van der Waals surface area (Å²) in [5.41, 5.74) is 1.62. The fraction of sp³-hybridized carbons (Fsp3) is 0.276. The van der Waals surface area contributed by atoms with Gasteiger partial charge >= 0.3 is 0 Å². The van der Waals surface area contributed by atoms with Crippen molar-refractivity contribution in [2.24, 2.45) is 5.92 Å². The van der Waals surface area contributed by atoms with Crippen LogP contribution in [-0.4, -0.2) is 47.5 Å². The van der Waals surface area contributed by atoms with Gasteiger partial charge in [-0.2, -0.15) is 0 Å². The molecule has 2 aromatic carbocycles. The van der Waals surface area contributed by atoms with Crippen molar-refractivity contribution in [3.8, 4) is 17.2 Å². The van der Waals surface area contributed by atoms with Crippen LogP contribution in [0.1, 0.15) is 36.6 Å². The van der Waals surface area contributed by atoms with E-state index in [1.807, 2.05) is 6.07 Å². The van der Waals surface area contributed by atoms with E-state index in [1.165, 1.54) is 19.1 Å². The average molecular weight is 503 g/mol. The molecule has 1 atom stereocenters. The molecule has 192 valence electrons. The summed E-state index contributed by atoms with van der Waals surface area (Å²) in [6, 6.07) is 14.7. The van der Waals surface area contributed by atoms with Crippen molar-refractivity contribution >= 4 is 17.4 Å². The van der Waals surface area contributed by atoms with Gasteiger partial charge in [-0.1, -0.05) is 32.0 Å². The van der Waals surface area contributed by atoms with Gasteiger partial charge in [-0.05, 0) is 47.9 Å². The molecule has 2 heterocycles. The second-order valence-electron chi connectivity index (χ2n) is 9.10. The number of Topliss-reactive ketones (excluding diaryl/α,β-unsaturated/α-hetero) is 1. The molecular weight excluding hydrogens is 472 g/mol. The largest absolute Gasteiger partial charge is 0.507 e. The van der Waals surface area contributed by atoms with Crippen LogP contribution in [0.25, 0.3) is 5.76 Å². The molecule has 4 rings (SSSR count). The second kappa shape index (κ2) is 11.2. The smallest absolute Gasteiger partial charge is 0.295 e. The summed E-state index contributed by atoms with van der Waals surface area (Å²) in [7, 11) is 3.00. The Morgan fingerprint density at radius 3 is 2.41 bits per heavy atom. The molecule has 8 heteroatoms. The highest BCUT2D eigenvalue weighted by Crippen LogP contribution is 2.46. The Kier molecular flexibility index (Phi) is 7.77. The molecule has 1 fully saturated rings. The molecule has 37 heavy (non-hydrogen) atoms. The normalized spacial score (nSPS) is 16.8. The number of nitrogens with zero attached hydrogens (tertiary/aromatic N) is 2. The van der Waals surface area contributed by atoms with Crippen molar-refractivity contribution in [2.45, 2.75) is 26.4 Å². The number of ether oxygens (including phenoxy) is 3. The fourth-order valence-corrected chi connectivity index (χ4v) is 4.31. The number of likely N-dealkylation sites (tertiary alicyclic amines) is 1. The van der Waals surface area contributed by atoms with Gasteiger partial charge in [-0.25, -0.2) is 0 Å². The van der Waals surface area contributed by atoms with Gasteiger partial charge in [0, 0.05) is 30.1 Å². The predicted molar refractivity (Wildman–Crippen MR) is 138 cm³/mol. The number of amides is 1. The van der Waals surface area contributed by atoms with Crippen LogP contribution in [0.3, 0.4) is 0 Å². The van der Waals surface area contributed by atoms with Gasteiger partial charge in [-0.3, -0.25) is 14.6 Å². The van der Waals surface area contributed by atoms with E-state index < -0.39 is 17.7 Å². The first-order valence-corrected chi connectivity index (χ1v) is 12.0. The van der Waals surface area contributed by atoms with Crippen molar-refractivity contribution in [1.82, 2.24) is 9.88 Å². The maximum atomic E-state index is 13.4. The second-order valence-corrected chi connectivity index (χ2v) is 9.10. The highest BCUT2D eigenvalue weighted by Gasteiger charge is 2.47. The average Bonchev–Trinajstić information content (AvgIpc) is 3.16. The van der Waals surface area contributed by atoms with Gasteiger partial charge in [0.1, 0.15) is 11.5 Å². The topological polar surface area (TPSA) is 98.2 Å². The molecule has 1 N–H and O–H groups in total. The van der Waals surface area contributed by atoms with Gasteiger partial charge in [0.05, 0.1) is 32.4 Å². The fourth-order valence-electron chi connectivity index (χ4n) is 4.31. The van der Waals surface area contributed by atoms with E-state index in [0.717, 1.165) is 5.56 Å². The molecule has 0 radical (unpaired) electrons. The minimum atomic E-state index is -0.915. The number of aromatic nitrogens is 1. The quantitative estimate of drug-likeness (QED) is 0.256. The van der Waals surface area contributed by atoms with Crippen LogP contribution in [-0.2, 0) is 16.1 Å². The number of methoxy groups -OCH3 is 2. The van der Waals surface area contributed by atoms with Crippen LogP contribution in [0, 0.1) is 5.92 Å². The zero-order chi connectivity index (χ0) is 26.5. The molecule has 1 aliphatic rings. The van der Waals surface area contributed by atoms with Crippen LogP contribution in [0.4, 0.5) is 0 Å². The number of hydrogen-bond donors (Lipinski definition) is 1. The number of aliphatic hydroxyl groups excluding tert-OH is 1. The molecule has 1 aromatic heterocycles. The highest BCUT2D eigenvalue weighted by molar-refractivity contribution is 6.46. The molecule has 0 aliphatic carbocycles. The third kappa shape index (κ3) is 5.28. The maximum Gasteiger partial charge on any atom is 0.295 e. The Hall–Kier alpha value is -4.33. The Morgan fingerprint density at radius 1 is 1.03 bits per heavy atom. The van der Waals surface area contributed by atoms with E-state index in [9.17, 15) is 14.7 Å². The van der Waals surface area contributed by atoms with Crippen molar-refractivity contribution in [3.05, 3.63) is 89.3 Å². The number of rotatable bonds is 9. The van der Waals surface area contributed by atoms with E-state index in [4.69, 9.17) is 14.2 Å². The van der Waals surface area contributed by atoms with Crippen LogP contribution in [0.5, 0.6) is 17.2 Å². The Bertz CT molecular complexity index is 1300. The maximum absolute atomic E-state index is 13.4.